The second kappa shape index (κ2) is 6.23. The maximum atomic E-state index is 12.1. The average Bonchev–Trinajstić information content (AvgIpc) is 2.91. The van der Waals surface area contributed by atoms with E-state index >= 15 is 0 Å². The number of fused-ring (bicyclic) bond motifs is 1. The monoisotopic (exact) mass is 311 g/mol. The summed E-state index contributed by atoms with van der Waals surface area (Å²) >= 11 is 1.43. The van der Waals surface area contributed by atoms with Crippen LogP contribution in [0.4, 0.5) is 5.69 Å². The van der Waals surface area contributed by atoms with Crippen LogP contribution in [-0.4, -0.2) is 21.0 Å². The largest absolute Gasteiger partial charge is 0.325 e. The van der Waals surface area contributed by atoms with Crippen LogP contribution in [0.2, 0.25) is 0 Å². The molecule has 22 heavy (non-hydrogen) atoms. The van der Waals surface area contributed by atoms with Gasteiger partial charge in [0.25, 0.3) is 0 Å². The van der Waals surface area contributed by atoms with Crippen molar-refractivity contribution < 1.29 is 4.79 Å². The smallest absolute Gasteiger partial charge is 0.234 e. The number of amides is 1. The Balaban J connectivity index is 1.65. The van der Waals surface area contributed by atoms with Crippen molar-refractivity contribution in [3.05, 3.63) is 59.9 Å². The summed E-state index contributed by atoms with van der Waals surface area (Å²) in [5.74, 6) is 0.311. The van der Waals surface area contributed by atoms with Gasteiger partial charge < -0.3 is 5.32 Å². The maximum absolute atomic E-state index is 12.1. The number of hydrogen-bond donors (Lipinski definition) is 1. The lowest BCUT2D eigenvalue weighted by Crippen LogP contribution is -2.15. The highest BCUT2D eigenvalue weighted by Gasteiger charge is 2.09. The molecule has 4 nitrogen and oxygen atoms in total. The van der Waals surface area contributed by atoms with Gasteiger partial charge in [-0.2, -0.15) is 0 Å². The highest BCUT2D eigenvalue weighted by atomic mass is 32.2. The molecule has 112 valence electrons. The molecular formula is C17H17N3OS. The molecule has 0 fully saturated rings. The van der Waals surface area contributed by atoms with Crippen molar-refractivity contribution in [1.82, 2.24) is 9.38 Å². The Kier molecular flexibility index (Phi) is 4.15. The fourth-order valence-electron chi connectivity index (χ4n) is 2.30. The highest BCUT2D eigenvalue weighted by Crippen LogP contribution is 2.20. The fraction of sp³-hybridized carbons (Fsp3) is 0.176. The number of carbonyl (C=O) groups is 1. The molecule has 0 bridgehead atoms. The van der Waals surface area contributed by atoms with E-state index in [2.05, 4.69) is 16.4 Å². The van der Waals surface area contributed by atoms with Crippen molar-refractivity contribution in [1.29, 1.82) is 0 Å². The molecule has 3 aromatic rings. The molecule has 1 aromatic carbocycles. The van der Waals surface area contributed by atoms with Crippen LogP contribution in [0.5, 0.6) is 0 Å². The Morgan fingerprint density at radius 2 is 2.14 bits per heavy atom. The van der Waals surface area contributed by atoms with Gasteiger partial charge in [0.05, 0.1) is 17.5 Å². The summed E-state index contributed by atoms with van der Waals surface area (Å²) in [5, 5.41) is 3.78. The normalized spacial score (nSPS) is 10.8. The van der Waals surface area contributed by atoms with Gasteiger partial charge in [0.2, 0.25) is 5.91 Å². The number of anilines is 1. The molecule has 0 saturated heterocycles. The van der Waals surface area contributed by atoms with Crippen molar-refractivity contribution in [2.75, 3.05) is 11.1 Å². The van der Waals surface area contributed by atoms with Crippen LogP contribution in [0.25, 0.3) is 5.52 Å². The van der Waals surface area contributed by atoms with Crippen LogP contribution < -0.4 is 5.32 Å². The van der Waals surface area contributed by atoms with Crippen LogP contribution in [0.1, 0.15) is 11.1 Å². The van der Waals surface area contributed by atoms with E-state index in [1.165, 1.54) is 17.3 Å². The van der Waals surface area contributed by atoms with Gasteiger partial charge in [-0.25, -0.2) is 4.98 Å². The lowest BCUT2D eigenvalue weighted by Gasteiger charge is -2.08. The molecule has 0 saturated carbocycles. The molecule has 0 radical (unpaired) electrons. The van der Waals surface area contributed by atoms with Crippen LogP contribution in [0.15, 0.2) is 53.9 Å². The lowest BCUT2D eigenvalue weighted by atomic mass is 10.1. The van der Waals surface area contributed by atoms with Gasteiger partial charge in [0, 0.05) is 11.9 Å². The number of aryl methyl sites for hydroxylation is 2. The molecule has 0 aliphatic heterocycles. The Morgan fingerprint density at radius 1 is 1.27 bits per heavy atom. The third-order valence-corrected chi connectivity index (χ3v) is 4.36. The Labute approximate surface area is 133 Å². The zero-order chi connectivity index (χ0) is 15.5. The van der Waals surface area contributed by atoms with Gasteiger partial charge in [-0.05, 0) is 37.6 Å². The minimum atomic E-state index is -0.0235. The van der Waals surface area contributed by atoms with Crippen LogP contribution in [-0.2, 0) is 4.79 Å². The molecule has 2 aromatic heterocycles. The van der Waals surface area contributed by atoms with Crippen LogP contribution in [0.3, 0.4) is 0 Å². The summed E-state index contributed by atoms with van der Waals surface area (Å²) in [7, 11) is 0. The topological polar surface area (TPSA) is 46.4 Å². The van der Waals surface area contributed by atoms with Crippen molar-refractivity contribution in [3.8, 4) is 0 Å². The van der Waals surface area contributed by atoms with Gasteiger partial charge in [0.15, 0.2) is 5.16 Å². The average molecular weight is 311 g/mol. The number of thioether (sulfide) groups is 1. The number of benzene rings is 1. The van der Waals surface area contributed by atoms with E-state index in [0.717, 1.165) is 21.9 Å². The number of rotatable bonds is 4. The Hall–Kier alpha value is -2.27. The summed E-state index contributed by atoms with van der Waals surface area (Å²) in [6.07, 6.45) is 3.76. The van der Waals surface area contributed by atoms with Gasteiger partial charge in [-0.15, -0.1) is 0 Å². The maximum Gasteiger partial charge on any atom is 0.234 e. The molecule has 5 heteroatoms. The third-order valence-electron chi connectivity index (χ3n) is 3.39. The number of carbonyl (C=O) groups excluding carboxylic acids is 1. The summed E-state index contributed by atoms with van der Waals surface area (Å²) in [6.45, 7) is 4.04. The molecule has 1 amide bonds. The number of pyridine rings is 1. The predicted octanol–water partition coefficient (Wildman–Crippen LogP) is 3.68. The molecule has 0 aliphatic carbocycles. The summed E-state index contributed by atoms with van der Waals surface area (Å²) in [6, 6.07) is 11.9. The van der Waals surface area contributed by atoms with Crippen LogP contribution >= 0.6 is 11.8 Å². The molecule has 2 heterocycles. The van der Waals surface area contributed by atoms with E-state index in [1.807, 2.05) is 61.0 Å². The number of nitrogens with zero attached hydrogens (tertiary/aromatic N) is 2. The Bertz CT molecular complexity index is 826. The van der Waals surface area contributed by atoms with Crippen molar-refractivity contribution in [2.24, 2.45) is 0 Å². The van der Waals surface area contributed by atoms with E-state index in [1.54, 1.807) is 0 Å². The van der Waals surface area contributed by atoms with E-state index in [4.69, 9.17) is 0 Å². The van der Waals surface area contributed by atoms with Gasteiger partial charge in [-0.3, -0.25) is 9.20 Å². The third kappa shape index (κ3) is 3.14. The summed E-state index contributed by atoms with van der Waals surface area (Å²) in [4.78, 5) is 16.5. The lowest BCUT2D eigenvalue weighted by molar-refractivity contribution is -0.113. The van der Waals surface area contributed by atoms with E-state index in [-0.39, 0.29) is 5.91 Å². The van der Waals surface area contributed by atoms with Crippen molar-refractivity contribution in [2.45, 2.75) is 19.0 Å². The minimum absolute atomic E-state index is 0.0235. The molecule has 3 rings (SSSR count). The van der Waals surface area contributed by atoms with Crippen molar-refractivity contribution >= 4 is 28.9 Å². The van der Waals surface area contributed by atoms with Gasteiger partial charge in [0.1, 0.15) is 0 Å². The fourth-order valence-corrected chi connectivity index (χ4v) is 3.06. The van der Waals surface area contributed by atoms with Gasteiger partial charge in [-0.1, -0.05) is 35.5 Å². The van der Waals surface area contributed by atoms with Gasteiger partial charge >= 0.3 is 0 Å². The van der Waals surface area contributed by atoms with E-state index in [0.29, 0.717) is 5.75 Å². The molecule has 1 N–H and O–H groups in total. The molecular weight excluding hydrogens is 294 g/mol. The Morgan fingerprint density at radius 3 is 2.95 bits per heavy atom. The summed E-state index contributed by atoms with van der Waals surface area (Å²) in [5.41, 5.74) is 4.15. The zero-order valence-corrected chi connectivity index (χ0v) is 13.4. The first kappa shape index (κ1) is 14.7. The van der Waals surface area contributed by atoms with Crippen LogP contribution in [0, 0.1) is 13.8 Å². The highest BCUT2D eigenvalue weighted by molar-refractivity contribution is 7.99. The molecule has 0 unspecified atom stereocenters. The standard InChI is InChI=1S/C17H17N3OS/c1-12-6-7-15(13(2)9-12)19-16(21)11-22-17-18-10-14-5-3-4-8-20(14)17/h3-10H,11H2,1-2H3,(H,19,21). The minimum Gasteiger partial charge on any atom is -0.325 e. The second-order valence-electron chi connectivity index (χ2n) is 5.19. The first-order chi connectivity index (χ1) is 10.6. The summed E-state index contributed by atoms with van der Waals surface area (Å²) < 4.78 is 1.98. The number of imidazole rings is 1. The number of nitrogens with one attached hydrogen (secondary N) is 1. The van der Waals surface area contributed by atoms with Crippen molar-refractivity contribution in [3.63, 3.8) is 0 Å². The van der Waals surface area contributed by atoms with E-state index < -0.39 is 0 Å². The first-order valence-electron chi connectivity index (χ1n) is 7.05. The number of hydrogen-bond acceptors (Lipinski definition) is 3. The molecule has 0 spiro atoms. The predicted molar refractivity (Wildman–Crippen MR) is 90.5 cm³/mol. The second-order valence-corrected chi connectivity index (χ2v) is 6.13. The SMILES string of the molecule is Cc1ccc(NC(=O)CSc2ncc3ccccn23)c(C)c1. The molecule has 0 aliphatic rings. The van der Waals surface area contributed by atoms with E-state index in [9.17, 15) is 4.79 Å². The number of aromatic nitrogens is 2. The quantitative estimate of drug-likeness (QED) is 0.748. The molecule has 0 atom stereocenters. The first-order valence-corrected chi connectivity index (χ1v) is 8.04. The zero-order valence-electron chi connectivity index (χ0n) is 12.5.